The van der Waals surface area contributed by atoms with E-state index in [9.17, 15) is 0 Å². The van der Waals surface area contributed by atoms with Crippen LogP contribution in [0.3, 0.4) is 0 Å². The highest BCUT2D eigenvalue weighted by Crippen LogP contribution is 2.15. The third-order valence-electron chi connectivity index (χ3n) is 2.96. The molecular formula is C12H19N. The lowest BCUT2D eigenvalue weighted by Gasteiger charge is -2.27. The number of likely N-dealkylation sites (tertiary alicyclic amines) is 1. The molecule has 1 saturated heterocycles. The number of rotatable bonds is 2. The van der Waals surface area contributed by atoms with Gasteiger partial charge in [0.05, 0.1) is 0 Å². The Kier molecular flexibility index (Phi) is 3.20. The first-order chi connectivity index (χ1) is 6.45. The van der Waals surface area contributed by atoms with Crippen LogP contribution in [0.2, 0.25) is 0 Å². The number of nitrogens with zero attached hydrogens (tertiary/aromatic N) is 1. The summed E-state index contributed by atoms with van der Waals surface area (Å²) in [5.74, 6) is 0. The molecule has 1 heterocycles. The van der Waals surface area contributed by atoms with E-state index in [-0.39, 0.29) is 0 Å². The Balaban J connectivity index is 1.79. The van der Waals surface area contributed by atoms with Crippen molar-refractivity contribution in [2.75, 3.05) is 19.6 Å². The average Bonchev–Trinajstić information content (AvgIpc) is 2.21. The van der Waals surface area contributed by atoms with Crippen LogP contribution >= 0.6 is 0 Å². The smallest absolute Gasteiger partial charge is 0.0196 e. The van der Waals surface area contributed by atoms with Gasteiger partial charge in [-0.05, 0) is 38.8 Å². The fourth-order valence-corrected chi connectivity index (χ4v) is 2.18. The zero-order valence-corrected chi connectivity index (χ0v) is 8.34. The van der Waals surface area contributed by atoms with Crippen molar-refractivity contribution < 1.29 is 0 Å². The molecule has 0 aromatic heterocycles. The predicted molar refractivity (Wildman–Crippen MR) is 56.7 cm³/mol. The normalized spacial score (nSPS) is 24.5. The molecule has 1 fully saturated rings. The molecule has 2 rings (SSSR count). The van der Waals surface area contributed by atoms with E-state index in [0.717, 1.165) is 6.42 Å². The molecule has 2 aliphatic rings. The van der Waals surface area contributed by atoms with Crippen LogP contribution in [0.15, 0.2) is 23.8 Å². The minimum Gasteiger partial charge on any atom is -0.299 e. The monoisotopic (exact) mass is 177 g/mol. The van der Waals surface area contributed by atoms with Gasteiger partial charge >= 0.3 is 0 Å². The van der Waals surface area contributed by atoms with E-state index in [2.05, 4.69) is 23.1 Å². The zero-order valence-electron chi connectivity index (χ0n) is 8.34. The van der Waals surface area contributed by atoms with E-state index >= 15 is 0 Å². The molecule has 0 unspecified atom stereocenters. The Morgan fingerprint density at radius 3 is 2.62 bits per heavy atom. The van der Waals surface area contributed by atoms with Crippen molar-refractivity contribution >= 4 is 0 Å². The summed E-state index contributed by atoms with van der Waals surface area (Å²) in [7, 11) is 0. The van der Waals surface area contributed by atoms with Crippen LogP contribution in [-0.4, -0.2) is 24.5 Å². The third kappa shape index (κ3) is 2.70. The van der Waals surface area contributed by atoms with Crippen LogP contribution in [0.4, 0.5) is 0 Å². The Labute approximate surface area is 81.1 Å². The fourth-order valence-electron chi connectivity index (χ4n) is 2.18. The Hall–Kier alpha value is -0.560. The van der Waals surface area contributed by atoms with Gasteiger partial charge in [-0.25, -0.2) is 0 Å². The van der Waals surface area contributed by atoms with E-state index in [1.165, 1.54) is 45.3 Å². The van der Waals surface area contributed by atoms with Crippen molar-refractivity contribution in [3.63, 3.8) is 0 Å². The quantitative estimate of drug-likeness (QED) is 0.586. The standard InChI is InChI=1S/C12H19N/c1-3-7-12(8-4-1)11-13-9-5-2-6-10-13/h1,3,8H,2,4-7,9-11H2. The van der Waals surface area contributed by atoms with Crippen molar-refractivity contribution in [1.29, 1.82) is 0 Å². The number of piperidine rings is 1. The van der Waals surface area contributed by atoms with Gasteiger partial charge in [0.2, 0.25) is 0 Å². The molecule has 0 aromatic carbocycles. The van der Waals surface area contributed by atoms with E-state index in [1.54, 1.807) is 5.57 Å². The maximum atomic E-state index is 2.61. The lowest BCUT2D eigenvalue weighted by molar-refractivity contribution is 0.245. The van der Waals surface area contributed by atoms with Gasteiger partial charge in [0.15, 0.2) is 0 Å². The largest absolute Gasteiger partial charge is 0.299 e. The first-order valence-corrected chi connectivity index (χ1v) is 5.50. The lowest BCUT2D eigenvalue weighted by atomic mass is 10.0. The summed E-state index contributed by atoms with van der Waals surface area (Å²) in [6, 6.07) is 0. The van der Waals surface area contributed by atoms with Gasteiger partial charge in [-0.3, -0.25) is 4.90 Å². The van der Waals surface area contributed by atoms with Crippen molar-refractivity contribution in [3.8, 4) is 0 Å². The zero-order chi connectivity index (χ0) is 8.93. The maximum absolute atomic E-state index is 2.61. The van der Waals surface area contributed by atoms with E-state index < -0.39 is 0 Å². The third-order valence-corrected chi connectivity index (χ3v) is 2.96. The molecule has 0 saturated carbocycles. The van der Waals surface area contributed by atoms with E-state index in [4.69, 9.17) is 0 Å². The van der Waals surface area contributed by atoms with Crippen molar-refractivity contribution in [2.24, 2.45) is 0 Å². The number of hydrogen-bond donors (Lipinski definition) is 0. The fraction of sp³-hybridized carbons (Fsp3) is 0.667. The van der Waals surface area contributed by atoms with Crippen molar-refractivity contribution in [1.82, 2.24) is 4.90 Å². The SMILES string of the molecule is C1=CCC(CN2CCCCC2)=CC1. The highest BCUT2D eigenvalue weighted by molar-refractivity contribution is 5.16. The van der Waals surface area contributed by atoms with Crippen LogP contribution < -0.4 is 0 Å². The molecule has 1 aliphatic carbocycles. The second kappa shape index (κ2) is 4.61. The van der Waals surface area contributed by atoms with Gasteiger partial charge in [-0.15, -0.1) is 0 Å². The number of hydrogen-bond acceptors (Lipinski definition) is 1. The van der Waals surface area contributed by atoms with Crippen LogP contribution in [0.1, 0.15) is 32.1 Å². The minimum absolute atomic E-state index is 1.16. The highest BCUT2D eigenvalue weighted by atomic mass is 15.1. The maximum Gasteiger partial charge on any atom is 0.0196 e. The molecule has 1 nitrogen and oxygen atoms in total. The summed E-state index contributed by atoms with van der Waals surface area (Å²) in [6.07, 6.45) is 13.6. The van der Waals surface area contributed by atoms with Gasteiger partial charge in [-0.2, -0.15) is 0 Å². The van der Waals surface area contributed by atoms with Crippen LogP contribution in [0.5, 0.6) is 0 Å². The topological polar surface area (TPSA) is 3.24 Å². The Bertz CT molecular complexity index is 209. The minimum atomic E-state index is 1.16. The molecular weight excluding hydrogens is 158 g/mol. The summed E-state index contributed by atoms with van der Waals surface area (Å²) in [5.41, 5.74) is 1.63. The Morgan fingerprint density at radius 2 is 1.92 bits per heavy atom. The molecule has 0 aromatic rings. The van der Waals surface area contributed by atoms with E-state index in [0.29, 0.717) is 0 Å². The molecule has 72 valence electrons. The van der Waals surface area contributed by atoms with Gasteiger partial charge in [0, 0.05) is 6.54 Å². The summed E-state index contributed by atoms with van der Waals surface area (Å²) in [6.45, 7) is 3.87. The second-order valence-corrected chi connectivity index (χ2v) is 4.11. The first-order valence-electron chi connectivity index (χ1n) is 5.50. The van der Waals surface area contributed by atoms with Crippen LogP contribution in [0, 0.1) is 0 Å². The van der Waals surface area contributed by atoms with Gasteiger partial charge in [0.1, 0.15) is 0 Å². The number of allylic oxidation sites excluding steroid dienone is 3. The summed E-state index contributed by atoms with van der Waals surface area (Å²) in [5, 5.41) is 0. The van der Waals surface area contributed by atoms with Crippen LogP contribution in [0.25, 0.3) is 0 Å². The van der Waals surface area contributed by atoms with Gasteiger partial charge in [0.25, 0.3) is 0 Å². The average molecular weight is 177 g/mol. The molecule has 0 radical (unpaired) electrons. The Morgan fingerprint density at radius 1 is 1.08 bits per heavy atom. The summed E-state index contributed by atoms with van der Waals surface area (Å²) >= 11 is 0. The lowest BCUT2D eigenvalue weighted by Crippen LogP contribution is -2.31. The van der Waals surface area contributed by atoms with Gasteiger partial charge < -0.3 is 0 Å². The molecule has 0 N–H and O–H groups in total. The molecule has 0 bridgehead atoms. The van der Waals surface area contributed by atoms with E-state index in [1.807, 2.05) is 0 Å². The molecule has 0 spiro atoms. The molecule has 13 heavy (non-hydrogen) atoms. The first kappa shape index (κ1) is 9.01. The van der Waals surface area contributed by atoms with Crippen LogP contribution in [-0.2, 0) is 0 Å². The highest BCUT2D eigenvalue weighted by Gasteiger charge is 2.11. The van der Waals surface area contributed by atoms with Gasteiger partial charge in [-0.1, -0.05) is 30.2 Å². The van der Waals surface area contributed by atoms with Crippen molar-refractivity contribution in [3.05, 3.63) is 23.8 Å². The predicted octanol–water partition coefficient (Wildman–Crippen LogP) is 2.75. The van der Waals surface area contributed by atoms with Crippen molar-refractivity contribution in [2.45, 2.75) is 32.1 Å². The second-order valence-electron chi connectivity index (χ2n) is 4.11. The molecule has 1 aliphatic heterocycles. The molecule has 1 heteroatoms. The summed E-state index contributed by atoms with van der Waals surface area (Å²) in [4.78, 5) is 2.61. The molecule has 0 amide bonds. The molecule has 0 atom stereocenters. The summed E-state index contributed by atoms with van der Waals surface area (Å²) < 4.78 is 0.